The van der Waals surface area contributed by atoms with Gasteiger partial charge in [0.25, 0.3) is 0 Å². The van der Waals surface area contributed by atoms with Gasteiger partial charge < -0.3 is 4.74 Å². The van der Waals surface area contributed by atoms with Crippen LogP contribution in [-0.4, -0.2) is 23.8 Å². The van der Waals surface area contributed by atoms with Crippen LogP contribution in [0.1, 0.15) is 12.8 Å². The molecule has 0 unspecified atom stereocenters. The summed E-state index contributed by atoms with van der Waals surface area (Å²) in [6, 6.07) is 0. The number of cyclic esters (lactones) is 2. The minimum Gasteiger partial charge on any atom is -0.387 e. The van der Waals surface area contributed by atoms with Crippen LogP contribution in [0.15, 0.2) is 12.2 Å². The lowest BCUT2D eigenvalue weighted by atomic mass is 10.4. The Kier molecular flexibility index (Phi) is 3.11. The molecule has 1 saturated heterocycles. The van der Waals surface area contributed by atoms with Gasteiger partial charge in [-0.1, -0.05) is 0 Å². The summed E-state index contributed by atoms with van der Waals surface area (Å²) in [5, 5.41) is 2.14. The molecule has 1 N–H and O–H groups in total. The van der Waals surface area contributed by atoms with E-state index in [-0.39, 0.29) is 11.8 Å². The SMILES string of the molecule is O=C1C=CC(=O)O1.O=C1CCC(=O)N1. The number of ether oxygens (including phenoxy) is 1. The van der Waals surface area contributed by atoms with Gasteiger partial charge in [0.05, 0.1) is 0 Å². The van der Waals surface area contributed by atoms with E-state index in [0.717, 1.165) is 12.2 Å². The molecule has 0 atom stereocenters. The van der Waals surface area contributed by atoms with Gasteiger partial charge in [0, 0.05) is 25.0 Å². The van der Waals surface area contributed by atoms with Crippen molar-refractivity contribution in [3.8, 4) is 0 Å². The third kappa shape index (κ3) is 3.18. The van der Waals surface area contributed by atoms with Crippen LogP contribution < -0.4 is 5.32 Å². The Morgan fingerprint density at radius 2 is 1.36 bits per heavy atom. The molecule has 0 bridgehead atoms. The molecule has 14 heavy (non-hydrogen) atoms. The van der Waals surface area contributed by atoms with E-state index in [9.17, 15) is 19.2 Å². The number of hydrogen-bond donors (Lipinski definition) is 1. The van der Waals surface area contributed by atoms with Gasteiger partial charge in [0.1, 0.15) is 0 Å². The molecular formula is C8H7NO5. The zero-order valence-electron chi connectivity index (χ0n) is 7.11. The van der Waals surface area contributed by atoms with Gasteiger partial charge in [-0.2, -0.15) is 0 Å². The van der Waals surface area contributed by atoms with Gasteiger partial charge >= 0.3 is 11.9 Å². The first kappa shape index (κ1) is 10.1. The molecule has 2 amide bonds. The normalized spacial score (nSPS) is 18.9. The number of imide groups is 1. The van der Waals surface area contributed by atoms with Crippen molar-refractivity contribution in [3.63, 3.8) is 0 Å². The van der Waals surface area contributed by atoms with Crippen LogP contribution >= 0.6 is 0 Å². The maximum atomic E-state index is 10.1. The van der Waals surface area contributed by atoms with Gasteiger partial charge in [-0.05, 0) is 0 Å². The second kappa shape index (κ2) is 4.31. The Bertz CT molecular complexity index is 301. The van der Waals surface area contributed by atoms with Crippen LogP contribution in [0.3, 0.4) is 0 Å². The molecule has 2 heterocycles. The van der Waals surface area contributed by atoms with E-state index in [0.29, 0.717) is 12.8 Å². The van der Waals surface area contributed by atoms with Crippen LogP contribution in [0.5, 0.6) is 0 Å². The molecule has 0 saturated carbocycles. The van der Waals surface area contributed by atoms with Crippen molar-refractivity contribution >= 4 is 23.8 Å². The molecule has 0 aromatic heterocycles. The molecule has 1 fully saturated rings. The number of carbonyl (C=O) groups excluding carboxylic acids is 4. The van der Waals surface area contributed by atoms with E-state index in [4.69, 9.17) is 0 Å². The van der Waals surface area contributed by atoms with Crippen molar-refractivity contribution in [1.29, 1.82) is 0 Å². The Balaban J connectivity index is 0.000000140. The molecule has 0 radical (unpaired) electrons. The second-order valence-corrected chi connectivity index (χ2v) is 2.54. The van der Waals surface area contributed by atoms with Crippen LogP contribution in [0.25, 0.3) is 0 Å². The van der Waals surface area contributed by atoms with Crippen molar-refractivity contribution in [1.82, 2.24) is 5.32 Å². The molecule has 2 rings (SSSR count). The van der Waals surface area contributed by atoms with Crippen molar-refractivity contribution in [3.05, 3.63) is 12.2 Å². The van der Waals surface area contributed by atoms with Gasteiger partial charge in [-0.15, -0.1) is 0 Å². The summed E-state index contributed by atoms with van der Waals surface area (Å²) in [6.07, 6.45) is 2.92. The first-order valence-corrected chi connectivity index (χ1v) is 3.84. The molecule has 6 nitrogen and oxygen atoms in total. The lowest BCUT2D eigenvalue weighted by molar-refractivity contribution is -0.150. The van der Waals surface area contributed by atoms with E-state index >= 15 is 0 Å². The third-order valence-electron chi connectivity index (χ3n) is 1.41. The highest BCUT2D eigenvalue weighted by Gasteiger charge is 2.15. The molecule has 0 spiro atoms. The van der Waals surface area contributed by atoms with Crippen LogP contribution in [0.2, 0.25) is 0 Å². The molecule has 74 valence electrons. The van der Waals surface area contributed by atoms with E-state index in [2.05, 4.69) is 10.1 Å². The van der Waals surface area contributed by atoms with Gasteiger partial charge in [0.15, 0.2) is 0 Å². The van der Waals surface area contributed by atoms with E-state index < -0.39 is 11.9 Å². The number of rotatable bonds is 0. The first-order valence-electron chi connectivity index (χ1n) is 3.84. The third-order valence-corrected chi connectivity index (χ3v) is 1.41. The average Bonchev–Trinajstić information content (AvgIpc) is 2.63. The smallest absolute Gasteiger partial charge is 0.338 e. The van der Waals surface area contributed by atoms with Crippen LogP contribution in [-0.2, 0) is 23.9 Å². The predicted octanol–water partition coefficient (Wildman–Crippen LogP) is -0.951. The van der Waals surface area contributed by atoms with E-state index in [1.54, 1.807) is 0 Å². The van der Waals surface area contributed by atoms with Crippen LogP contribution in [0.4, 0.5) is 0 Å². The number of carbonyl (C=O) groups is 4. The summed E-state index contributed by atoms with van der Waals surface area (Å²) in [7, 11) is 0. The zero-order valence-corrected chi connectivity index (χ0v) is 7.11. The standard InChI is InChI=1S/C4H5NO2.C4H2O3/c6-3-1-2-4(7)5-3;5-3-1-2-4(6)7-3/h1-2H2,(H,5,6,7);1-2H. The second-order valence-electron chi connectivity index (χ2n) is 2.54. The summed E-state index contributed by atoms with van der Waals surface area (Å²) in [5.41, 5.74) is 0. The average molecular weight is 197 g/mol. The maximum Gasteiger partial charge on any atom is 0.338 e. The summed E-state index contributed by atoms with van der Waals surface area (Å²) in [6.45, 7) is 0. The lowest BCUT2D eigenvalue weighted by Crippen LogP contribution is -2.18. The van der Waals surface area contributed by atoms with Crippen molar-refractivity contribution in [2.45, 2.75) is 12.8 Å². The quantitative estimate of drug-likeness (QED) is 0.307. The Hall–Kier alpha value is -1.98. The zero-order chi connectivity index (χ0) is 10.6. The van der Waals surface area contributed by atoms with Crippen LogP contribution in [0, 0.1) is 0 Å². The predicted molar refractivity (Wildman–Crippen MR) is 42.6 cm³/mol. The van der Waals surface area contributed by atoms with E-state index in [1.165, 1.54) is 0 Å². The fraction of sp³-hybridized carbons (Fsp3) is 0.250. The van der Waals surface area contributed by atoms with Gasteiger partial charge in [-0.25, -0.2) is 9.59 Å². The fourth-order valence-electron chi connectivity index (χ4n) is 0.811. The molecule has 2 aliphatic rings. The number of esters is 2. The minimum atomic E-state index is -0.579. The van der Waals surface area contributed by atoms with Crippen molar-refractivity contribution in [2.75, 3.05) is 0 Å². The van der Waals surface area contributed by atoms with Crippen molar-refractivity contribution in [2.24, 2.45) is 0 Å². The highest BCUT2D eigenvalue weighted by molar-refractivity contribution is 6.05. The summed E-state index contributed by atoms with van der Waals surface area (Å²) < 4.78 is 3.97. The Morgan fingerprint density at radius 1 is 0.929 bits per heavy atom. The number of hydrogen-bond acceptors (Lipinski definition) is 5. The fourth-order valence-corrected chi connectivity index (χ4v) is 0.811. The maximum absolute atomic E-state index is 10.1. The summed E-state index contributed by atoms with van der Waals surface area (Å²) in [5.74, 6) is -1.45. The highest BCUT2D eigenvalue weighted by atomic mass is 16.6. The number of nitrogens with one attached hydrogen (secondary N) is 1. The molecular weight excluding hydrogens is 190 g/mol. The monoisotopic (exact) mass is 197 g/mol. The Morgan fingerprint density at radius 3 is 1.50 bits per heavy atom. The summed E-state index contributed by atoms with van der Waals surface area (Å²) in [4.78, 5) is 40.1. The molecule has 0 aromatic carbocycles. The Labute approximate surface area is 78.9 Å². The topological polar surface area (TPSA) is 89.5 Å². The highest BCUT2D eigenvalue weighted by Crippen LogP contribution is 1.95. The summed E-state index contributed by atoms with van der Waals surface area (Å²) >= 11 is 0. The van der Waals surface area contributed by atoms with Gasteiger partial charge in [-0.3, -0.25) is 14.9 Å². The molecule has 0 aliphatic carbocycles. The van der Waals surface area contributed by atoms with E-state index in [1.807, 2.05) is 0 Å². The molecule has 0 aromatic rings. The largest absolute Gasteiger partial charge is 0.387 e. The number of amides is 2. The first-order chi connectivity index (χ1) is 6.58. The molecule has 6 heteroatoms. The minimum absolute atomic E-state index is 0.148. The van der Waals surface area contributed by atoms with Crippen molar-refractivity contribution < 1.29 is 23.9 Å². The van der Waals surface area contributed by atoms with Gasteiger partial charge in [0.2, 0.25) is 11.8 Å². The lowest BCUT2D eigenvalue weighted by Gasteiger charge is -1.80. The molecule has 2 aliphatic heterocycles.